The fourth-order valence-electron chi connectivity index (χ4n) is 3.10. The fraction of sp³-hybridized carbons (Fsp3) is 0.167. The largest absolute Gasteiger partial charge is 0.454 e. The summed E-state index contributed by atoms with van der Waals surface area (Å²) in [7, 11) is 0. The van der Waals surface area contributed by atoms with Crippen LogP contribution in [0.4, 0.5) is 11.4 Å². The molecule has 2 atom stereocenters. The van der Waals surface area contributed by atoms with E-state index in [0.717, 1.165) is 0 Å². The van der Waals surface area contributed by atoms with Gasteiger partial charge in [-0.2, -0.15) is 0 Å². The third kappa shape index (κ3) is 5.80. The van der Waals surface area contributed by atoms with Crippen molar-refractivity contribution in [2.24, 2.45) is 0 Å². The molecule has 10 nitrogen and oxygen atoms in total. The van der Waals surface area contributed by atoms with E-state index < -0.39 is 34.0 Å². The van der Waals surface area contributed by atoms with Crippen molar-refractivity contribution in [2.45, 2.75) is 26.1 Å². The Kier molecular flexibility index (Phi) is 7.32. The Morgan fingerprint density at radius 3 is 1.35 bits per heavy atom. The van der Waals surface area contributed by atoms with Crippen LogP contribution in [0.25, 0.3) is 0 Å². The van der Waals surface area contributed by atoms with Gasteiger partial charge in [-0.25, -0.2) is 9.59 Å². The number of hydrogen-bond donors (Lipinski definition) is 0. The highest BCUT2D eigenvalue weighted by Crippen LogP contribution is 2.25. The molecule has 3 aromatic rings. The first-order chi connectivity index (χ1) is 16.2. The highest BCUT2D eigenvalue weighted by Gasteiger charge is 2.19. The van der Waals surface area contributed by atoms with Crippen LogP contribution in [0.3, 0.4) is 0 Å². The van der Waals surface area contributed by atoms with Crippen LogP contribution in [0.1, 0.15) is 57.9 Å². The molecule has 0 saturated heterocycles. The lowest BCUT2D eigenvalue weighted by molar-refractivity contribution is -0.385. The van der Waals surface area contributed by atoms with Crippen molar-refractivity contribution in [3.8, 4) is 0 Å². The quantitative estimate of drug-likeness (QED) is 0.247. The predicted molar refractivity (Wildman–Crippen MR) is 120 cm³/mol. The van der Waals surface area contributed by atoms with Gasteiger partial charge in [0, 0.05) is 24.3 Å². The zero-order valence-corrected chi connectivity index (χ0v) is 18.2. The lowest BCUT2D eigenvalue weighted by Crippen LogP contribution is -2.11. The maximum atomic E-state index is 12.4. The molecule has 0 aromatic heterocycles. The van der Waals surface area contributed by atoms with Crippen molar-refractivity contribution >= 4 is 23.3 Å². The highest BCUT2D eigenvalue weighted by atomic mass is 16.6. The number of nitro groups is 2. The standard InChI is InChI=1S/C24H20N2O8/c1-15(33-23(27)17-6-10-21(11-7-17)25(29)30)19-4-3-5-20(14-19)16(2)34-24(28)18-8-12-22(13-9-18)26(31)32/h3-16H,1-2H3. The molecule has 0 fully saturated rings. The summed E-state index contributed by atoms with van der Waals surface area (Å²) in [5, 5.41) is 21.5. The van der Waals surface area contributed by atoms with Gasteiger partial charge in [-0.1, -0.05) is 18.2 Å². The fourth-order valence-corrected chi connectivity index (χ4v) is 3.10. The maximum absolute atomic E-state index is 12.4. The summed E-state index contributed by atoms with van der Waals surface area (Å²) in [5.74, 6) is -1.27. The van der Waals surface area contributed by atoms with Gasteiger partial charge in [0.1, 0.15) is 12.2 Å². The van der Waals surface area contributed by atoms with Gasteiger partial charge < -0.3 is 9.47 Å². The first-order valence-electron chi connectivity index (χ1n) is 10.2. The number of carbonyl (C=O) groups is 2. The summed E-state index contributed by atoms with van der Waals surface area (Å²) in [6, 6.07) is 17.2. The van der Waals surface area contributed by atoms with Crippen molar-refractivity contribution in [3.63, 3.8) is 0 Å². The predicted octanol–water partition coefficient (Wildman–Crippen LogP) is 5.34. The first kappa shape index (κ1) is 24.1. The molecule has 34 heavy (non-hydrogen) atoms. The van der Waals surface area contributed by atoms with E-state index in [-0.39, 0.29) is 22.5 Å². The average molecular weight is 464 g/mol. The number of ether oxygens (including phenoxy) is 2. The second kappa shape index (κ2) is 10.3. The molecule has 0 spiro atoms. The van der Waals surface area contributed by atoms with E-state index in [9.17, 15) is 29.8 Å². The van der Waals surface area contributed by atoms with Crippen LogP contribution in [-0.2, 0) is 9.47 Å². The summed E-state index contributed by atoms with van der Waals surface area (Å²) in [4.78, 5) is 45.2. The lowest BCUT2D eigenvalue weighted by Gasteiger charge is -2.18. The van der Waals surface area contributed by atoms with Gasteiger partial charge in [-0.05, 0) is 55.3 Å². The Labute approximate surface area is 194 Å². The Morgan fingerprint density at radius 1 is 0.676 bits per heavy atom. The number of non-ortho nitro benzene ring substituents is 2. The van der Waals surface area contributed by atoms with Crippen LogP contribution in [0.5, 0.6) is 0 Å². The van der Waals surface area contributed by atoms with Crippen LogP contribution in [0.15, 0.2) is 72.8 Å². The molecule has 0 aliphatic rings. The molecule has 0 saturated carbocycles. The highest BCUT2D eigenvalue weighted by molar-refractivity contribution is 5.90. The molecule has 3 aromatic carbocycles. The zero-order chi connectivity index (χ0) is 24.8. The minimum Gasteiger partial charge on any atom is -0.454 e. The van der Waals surface area contributed by atoms with Crippen molar-refractivity contribution < 1.29 is 28.9 Å². The Morgan fingerprint density at radius 2 is 1.03 bits per heavy atom. The second-order valence-electron chi connectivity index (χ2n) is 7.37. The van der Waals surface area contributed by atoms with Gasteiger partial charge in [-0.3, -0.25) is 20.2 Å². The van der Waals surface area contributed by atoms with Gasteiger partial charge in [0.15, 0.2) is 0 Å². The number of benzene rings is 3. The number of nitro benzene ring substituents is 2. The summed E-state index contributed by atoms with van der Waals surface area (Å²) in [6.07, 6.45) is -1.28. The minimum absolute atomic E-state index is 0.130. The van der Waals surface area contributed by atoms with E-state index in [4.69, 9.17) is 9.47 Å². The van der Waals surface area contributed by atoms with Gasteiger partial charge >= 0.3 is 11.9 Å². The van der Waals surface area contributed by atoms with Crippen LogP contribution < -0.4 is 0 Å². The molecule has 0 N–H and O–H groups in total. The topological polar surface area (TPSA) is 139 Å². The van der Waals surface area contributed by atoms with Gasteiger partial charge in [0.05, 0.1) is 21.0 Å². The van der Waals surface area contributed by atoms with Crippen LogP contribution in [0, 0.1) is 20.2 Å². The van der Waals surface area contributed by atoms with E-state index in [0.29, 0.717) is 11.1 Å². The number of hydrogen-bond acceptors (Lipinski definition) is 8. The monoisotopic (exact) mass is 464 g/mol. The maximum Gasteiger partial charge on any atom is 0.338 e. The van der Waals surface area contributed by atoms with E-state index in [1.54, 1.807) is 38.1 Å². The van der Waals surface area contributed by atoms with Crippen molar-refractivity contribution in [3.05, 3.63) is 115 Å². The number of esters is 2. The van der Waals surface area contributed by atoms with Crippen molar-refractivity contribution in [1.82, 2.24) is 0 Å². The van der Waals surface area contributed by atoms with E-state index in [1.165, 1.54) is 48.5 Å². The Balaban J connectivity index is 1.65. The third-order valence-corrected chi connectivity index (χ3v) is 5.04. The van der Waals surface area contributed by atoms with Crippen LogP contribution in [-0.4, -0.2) is 21.8 Å². The molecule has 2 unspecified atom stereocenters. The van der Waals surface area contributed by atoms with Crippen molar-refractivity contribution in [1.29, 1.82) is 0 Å². The van der Waals surface area contributed by atoms with Gasteiger partial charge in [0.25, 0.3) is 11.4 Å². The van der Waals surface area contributed by atoms with E-state index in [2.05, 4.69) is 0 Å². The summed E-state index contributed by atoms with van der Waals surface area (Å²) < 4.78 is 10.9. The normalized spacial score (nSPS) is 12.3. The molecule has 10 heteroatoms. The molecule has 174 valence electrons. The van der Waals surface area contributed by atoms with Crippen LogP contribution in [0.2, 0.25) is 0 Å². The van der Waals surface area contributed by atoms with Crippen LogP contribution >= 0.6 is 0 Å². The summed E-state index contributed by atoms with van der Waals surface area (Å²) >= 11 is 0. The summed E-state index contributed by atoms with van der Waals surface area (Å²) in [5.41, 5.74) is 1.42. The summed E-state index contributed by atoms with van der Waals surface area (Å²) in [6.45, 7) is 3.35. The lowest BCUT2D eigenvalue weighted by atomic mass is 10.0. The Hall–Kier alpha value is -4.60. The molecular formula is C24H20N2O8. The zero-order valence-electron chi connectivity index (χ0n) is 18.2. The SMILES string of the molecule is CC(OC(=O)c1ccc([N+](=O)[O-])cc1)c1cccc(C(C)OC(=O)c2ccc([N+](=O)[O-])cc2)c1. The molecule has 0 radical (unpaired) electrons. The molecule has 0 amide bonds. The third-order valence-electron chi connectivity index (χ3n) is 5.04. The van der Waals surface area contributed by atoms with Gasteiger partial charge in [0.2, 0.25) is 0 Å². The number of rotatable bonds is 8. The molecule has 0 aliphatic carbocycles. The number of nitrogens with zero attached hydrogens (tertiary/aromatic N) is 2. The van der Waals surface area contributed by atoms with Crippen molar-refractivity contribution in [2.75, 3.05) is 0 Å². The minimum atomic E-state index is -0.639. The second-order valence-corrected chi connectivity index (χ2v) is 7.37. The molecule has 0 bridgehead atoms. The van der Waals surface area contributed by atoms with E-state index in [1.807, 2.05) is 0 Å². The molecular weight excluding hydrogens is 444 g/mol. The van der Waals surface area contributed by atoms with Gasteiger partial charge in [-0.15, -0.1) is 0 Å². The average Bonchev–Trinajstić information content (AvgIpc) is 2.84. The Bertz CT molecular complexity index is 1130. The molecule has 0 heterocycles. The smallest absolute Gasteiger partial charge is 0.338 e. The number of carbonyl (C=O) groups excluding carboxylic acids is 2. The molecule has 0 aliphatic heterocycles. The first-order valence-corrected chi connectivity index (χ1v) is 10.2. The van der Waals surface area contributed by atoms with E-state index >= 15 is 0 Å². The molecule has 3 rings (SSSR count).